The third kappa shape index (κ3) is 4.56. The lowest BCUT2D eigenvalue weighted by Gasteiger charge is -2.05. The van der Waals surface area contributed by atoms with Crippen LogP contribution in [0.4, 0.5) is 0 Å². The molecule has 22 heavy (non-hydrogen) atoms. The Hall–Kier alpha value is -2.41. The van der Waals surface area contributed by atoms with Crippen LogP contribution < -0.4 is 5.43 Å². The fraction of sp³-hybridized carbons (Fsp3) is 0.133. The van der Waals surface area contributed by atoms with Gasteiger partial charge >= 0.3 is 11.9 Å². The van der Waals surface area contributed by atoms with Crippen LogP contribution in [0.3, 0.4) is 0 Å². The average Bonchev–Trinajstić information content (AvgIpc) is 2.94. The first-order chi connectivity index (χ1) is 10.6. The SMILES string of the molecule is O=C(O)CC/C(=N\NC(=O)c1ccc(Br)o1)c1ccccc1. The highest BCUT2D eigenvalue weighted by molar-refractivity contribution is 9.10. The monoisotopic (exact) mass is 364 g/mol. The number of carbonyl (C=O) groups excluding carboxylic acids is 1. The lowest BCUT2D eigenvalue weighted by atomic mass is 10.1. The molecule has 1 heterocycles. The van der Waals surface area contributed by atoms with E-state index in [1.54, 1.807) is 18.2 Å². The van der Waals surface area contributed by atoms with Gasteiger partial charge in [0, 0.05) is 6.42 Å². The third-order valence-electron chi connectivity index (χ3n) is 2.77. The summed E-state index contributed by atoms with van der Waals surface area (Å²) in [6.07, 6.45) is 0.136. The van der Waals surface area contributed by atoms with Crippen molar-refractivity contribution >= 4 is 33.5 Å². The van der Waals surface area contributed by atoms with Crippen LogP contribution in [-0.4, -0.2) is 22.7 Å². The van der Waals surface area contributed by atoms with E-state index in [9.17, 15) is 9.59 Å². The summed E-state index contributed by atoms with van der Waals surface area (Å²) in [7, 11) is 0. The number of hydrazone groups is 1. The topological polar surface area (TPSA) is 91.9 Å². The van der Waals surface area contributed by atoms with Crippen molar-refractivity contribution in [1.29, 1.82) is 0 Å². The number of aliphatic carboxylic acids is 1. The van der Waals surface area contributed by atoms with Gasteiger partial charge in [0.25, 0.3) is 0 Å². The largest absolute Gasteiger partial charge is 0.481 e. The first kappa shape index (κ1) is 16.0. The second-order valence-electron chi connectivity index (χ2n) is 4.36. The van der Waals surface area contributed by atoms with Gasteiger partial charge in [0.1, 0.15) is 0 Å². The van der Waals surface area contributed by atoms with Crippen LogP contribution in [0.5, 0.6) is 0 Å². The summed E-state index contributed by atoms with van der Waals surface area (Å²) < 4.78 is 5.56. The van der Waals surface area contributed by atoms with Crippen LogP contribution in [0.15, 0.2) is 56.7 Å². The standard InChI is InChI=1S/C15H13BrN2O4/c16-13-8-7-12(22-13)15(21)18-17-11(6-9-14(19)20)10-4-2-1-3-5-10/h1-5,7-8H,6,9H2,(H,18,21)(H,19,20)/b17-11+. The molecule has 0 aliphatic heterocycles. The van der Waals surface area contributed by atoms with Crippen molar-refractivity contribution in [3.8, 4) is 0 Å². The third-order valence-corrected chi connectivity index (χ3v) is 3.20. The van der Waals surface area contributed by atoms with Gasteiger partial charge < -0.3 is 9.52 Å². The maximum atomic E-state index is 11.9. The molecule has 0 spiro atoms. The van der Waals surface area contributed by atoms with E-state index < -0.39 is 11.9 Å². The van der Waals surface area contributed by atoms with Gasteiger partial charge in [-0.05, 0) is 33.6 Å². The Morgan fingerprint density at radius 3 is 2.45 bits per heavy atom. The maximum Gasteiger partial charge on any atom is 0.307 e. The first-order valence-electron chi connectivity index (χ1n) is 6.45. The van der Waals surface area contributed by atoms with Crippen molar-refractivity contribution in [1.82, 2.24) is 5.43 Å². The van der Waals surface area contributed by atoms with Crippen molar-refractivity contribution in [3.63, 3.8) is 0 Å². The molecule has 0 bridgehead atoms. The van der Waals surface area contributed by atoms with Gasteiger partial charge in [-0.3, -0.25) is 9.59 Å². The van der Waals surface area contributed by atoms with Gasteiger partial charge in [-0.15, -0.1) is 0 Å². The van der Waals surface area contributed by atoms with Crippen molar-refractivity contribution < 1.29 is 19.1 Å². The van der Waals surface area contributed by atoms with E-state index >= 15 is 0 Å². The molecule has 2 rings (SSSR count). The molecule has 0 saturated carbocycles. The zero-order chi connectivity index (χ0) is 15.9. The highest BCUT2D eigenvalue weighted by atomic mass is 79.9. The number of carboxylic acids is 1. The molecule has 0 aliphatic carbocycles. The van der Waals surface area contributed by atoms with Gasteiger partial charge in [0.05, 0.1) is 12.1 Å². The molecule has 0 radical (unpaired) electrons. The van der Waals surface area contributed by atoms with Crippen molar-refractivity contribution in [2.24, 2.45) is 5.10 Å². The first-order valence-corrected chi connectivity index (χ1v) is 7.25. The highest BCUT2D eigenvalue weighted by Crippen LogP contribution is 2.14. The molecule has 2 aromatic rings. The number of carbonyl (C=O) groups is 2. The Labute approximate surface area is 135 Å². The van der Waals surface area contributed by atoms with Crippen LogP contribution in [0.1, 0.15) is 29.0 Å². The molecule has 1 amide bonds. The predicted octanol–water partition coefficient (Wildman–Crippen LogP) is 3.04. The Morgan fingerprint density at radius 2 is 1.86 bits per heavy atom. The number of hydrogen-bond donors (Lipinski definition) is 2. The number of hydrogen-bond acceptors (Lipinski definition) is 4. The highest BCUT2D eigenvalue weighted by Gasteiger charge is 2.11. The van der Waals surface area contributed by atoms with Gasteiger partial charge in [0.2, 0.25) is 0 Å². The van der Waals surface area contributed by atoms with Gasteiger partial charge in [-0.2, -0.15) is 5.10 Å². The summed E-state index contributed by atoms with van der Waals surface area (Å²) in [6.45, 7) is 0. The number of nitrogens with one attached hydrogen (secondary N) is 1. The Bertz CT molecular complexity index is 695. The lowest BCUT2D eigenvalue weighted by Crippen LogP contribution is -2.20. The molecule has 1 aromatic carbocycles. The smallest absolute Gasteiger partial charge is 0.307 e. The molecule has 0 atom stereocenters. The van der Waals surface area contributed by atoms with E-state index in [0.29, 0.717) is 10.4 Å². The average molecular weight is 365 g/mol. The van der Waals surface area contributed by atoms with Crippen molar-refractivity contribution in [3.05, 3.63) is 58.5 Å². The zero-order valence-electron chi connectivity index (χ0n) is 11.5. The number of amides is 1. The van der Waals surface area contributed by atoms with Crippen LogP contribution in [0.2, 0.25) is 0 Å². The van der Waals surface area contributed by atoms with E-state index in [1.165, 1.54) is 6.07 Å². The minimum Gasteiger partial charge on any atom is -0.481 e. The molecular weight excluding hydrogens is 352 g/mol. The quantitative estimate of drug-likeness (QED) is 0.608. The molecule has 1 aromatic heterocycles. The fourth-order valence-corrected chi connectivity index (χ4v) is 2.04. The Balaban J connectivity index is 2.13. The van der Waals surface area contributed by atoms with Gasteiger partial charge in [-0.25, -0.2) is 5.43 Å². The van der Waals surface area contributed by atoms with E-state index in [4.69, 9.17) is 9.52 Å². The van der Waals surface area contributed by atoms with E-state index in [2.05, 4.69) is 26.5 Å². The second kappa shape index (κ2) is 7.56. The van der Waals surface area contributed by atoms with Crippen molar-refractivity contribution in [2.75, 3.05) is 0 Å². The summed E-state index contributed by atoms with van der Waals surface area (Å²) in [5.74, 6) is -1.32. The normalized spacial score (nSPS) is 11.2. The number of benzene rings is 1. The van der Waals surface area contributed by atoms with Crippen LogP contribution in [-0.2, 0) is 4.79 Å². The number of halogens is 1. The number of furan rings is 1. The zero-order valence-corrected chi connectivity index (χ0v) is 13.0. The fourth-order valence-electron chi connectivity index (χ4n) is 1.73. The molecule has 114 valence electrons. The molecule has 0 unspecified atom stereocenters. The van der Waals surface area contributed by atoms with E-state index in [-0.39, 0.29) is 18.6 Å². The minimum atomic E-state index is -0.926. The Kier molecular flexibility index (Phi) is 5.48. The van der Waals surface area contributed by atoms with E-state index in [1.807, 2.05) is 18.2 Å². The van der Waals surface area contributed by atoms with E-state index in [0.717, 1.165) is 5.56 Å². The van der Waals surface area contributed by atoms with Crippen molar-refractivity contribution in [2.45, 2.75) is 12.8 Å². The maximum absolute atomic E-state index is 11.9. The predicted molar refractivity (Wildman–Crippen MR) is 83.7 cm³/mol. The number of rotatable bonds is 6. The summed E-state index contributed by atoms with van der Waals surface area (Å²) in [4.78, 5) is 22.6. The summed E-state index contributed by atoms with van der Waals surface area (Å²) in [5, 5.41) is 12.8. The lowest BCUT2D eigenvalue weighted by molar-refractivity contribution is -0.136. The Morgan fingerprint density at radius 1 is 1.14 bits per heavy atom. The number of carboxylic acid groups (broad SMARTS) is 1. The van der Waals surface area contributed by atoms with Crippen LogP contribution >= 0.6 is 15.9 Å². The molecule has 0 saturated heterocycles. The molecule has 2 N–H and O–H groups in total. The van der Waals surface area contributed by atoms with Gasteiger partial charge in [0.15, 0.2) is 10.4 Å². The number of nitrogens with zero attached hydrogens (tertiary/aromatic N) is 1. The molecule has 0 fully saturated rings. The molecule has 7 heteroatoms. The van der Waals surface area contributed by atoms with Crippen LogP contribution in [0.25, 0.3) is 0 Å². The second-order valence-corrected chi connectivity index (χ2v) is 5.14. The van der Waals surface area contributed by atoms with Gasteiger partial charge in [-0.1, -0.05) is 30.3 Å². The summed E-state index contributed by atoms with van der Waals surface area (Å²) in [6, 6.07) is 12.2. The summed E-state index contributed by atoms with van der Waals surface area (Å²) in [5.41, 5.74) is 3.62. The molecule has 6 nitrogen and oxygen atoms in total. The molecule has 0 aliphatic rings. The van der Waals surface area contributed by atoms with Crippen LogP contribution in [0, 0.1) is 0 Å². The molecular formula is C15H13BrN2O4. The summed E-state index contributed by atoms with van der Waals surface area (Å²) >= 11 is 3.11. The minimum absolute atomic E-state index is 0.0735.